The first-order chi connectivity index (χ1) is 8.91. The first-order valence-corrected chi connectivity index (χ1v) is 7.50. The fourth-order valence-corrected chi connectivity index (χ4v) is 2.21. The van der Waals surface area contributed by atoms with Crippen LogP contribution in [0.4, 0.5) is 0 Å². The lowest BCUT2D eigenvalue weighted by molar-refractivity contribution is 0.241. The summed E-state index contributed by atoms with van der Waals surface area (Å²) in [4.78, 5) is 6.49. The first kappa shape index (κ1) is 18.2. The van der Waals surface area contributed by atoms with E-state index in [0.29, 0.717) is 0 Å². The summed E-state index contributed by atoms with van der Waals surface area (Å²) in [5.41, 5.74) is 0.239. The van der Waals surface area contributed by atoms with E-state index in [1.54, 1.807) is 0 Å². The minimum Gasteiger partial charge on any atom is -0.356 e. The van der Waals surface area contributed by atoms with Crippen LogP contribution in [0.5, 0.6) is 0 Å². The molecule has 0 aromatic carbocycles. The number of hydrogen-bond donors (Lipinski definition) is 2. The van der Waals surface area contributed by atoms with E-state index in [4.69, 9.17) is 0 Å². The summed E-state index contributed by atoms with van der Waals surface area (Å²) in [6.45, 7) is 9.78. The lowest BCUT2D eigenvalue weighted by atomic mass is 9.93. The molecule has 0 aliphatic rings. The Morgan fingerprint density at radius 2 is 1.79 bits per heavy atom. The molecule has 0 fully saturated rings. The molecule has 0 unspecified atom stereocenters. The summed E-state index contributed by atoms with van der Waals surface area (Å²) in [5, 5.41) is 6.80. The molecule has 4 heteroatoms. The van der Waals surface area contributed by atoms with Gasteiger partial charge in [-0.25, -0.2) is 0 Å². The van der Waals surface area contributed by atoms with Gasteiger partial charge >= 0.3 is 0 Å². The number of nitrogens with zero attached hydrogens (tertiary/aromatic N) is 2. The van der Waals surface area contributed by atoms with Gasteiger partial charge in [0.2, 0.25) is 0 Å². The third-order valence-corrected chi connectivity index (χ3v) is 3.03. The van der Waals surface area contributed by atoms with Crippen molar-refractivity contribution in [3.63, 3.8) is 0 Å². The highest BCUT2D eigenvalue weighted by molar-refractivity contribution is 5.79. The quantitative estimate of drug-likeness (QED) is 0.384. The molecule has 2 N–H and O–H groups in total. The van der Waals surface area contributed by atoms with E-state index in [9.17, 15) is 0 Å². The molecule has 114 valence electrons. The van der Waals surface area contributed by atoms with Crippen LogP contribution in [0.15, 0.2) is 4.99 Å². The van der Waals surface area contributed by atoms with Crippen LogP contribution in [0.1, 0.15) is 46.5 Å². The summed E-state index contributed by atoms with van der Waals surface area (Å²) in [6.07, 6.45) is 5.12. The minimum atomic E-state index is 0.239. The Morgan fingerprint density at radius 3 is 2.32 bits per heavy atom. The van der Waals surface area contributed by atoms with Gasteiger partial charge in [0.1, 0.15) is 0 Å². The zero-order valence-electron chi connectivity index (χ0n) is 13.8. The molecule has 0 heterocycles. The molecular weight excluding hydrogens is 236 g/mol. The predicted molar refractivity (Wildman–Crippen MR) is 85.8 cm³/mol. The Bertz CT molecular complexity index is 247. The minimum absolute atomic E-state index is 0.239. The molecule has 4 nitrogen and oxygen atoms in total. The lowest BCUT2D eigenvalue weighted by Gasteiger charge is -2.29. The zero-order chi connectivity index (χ0) is 14.7. The highest BCUT2D eigenvalue weighted by Gasteiger charge is 2.18. The van der Waals surface area contributed by atoms with Crippen molar-refractivity contribution in [1.29, 1.82) is 0 Å². The third kappa shape index (κ3) is 10.8. The van der Waals surface area contributed by atoms with E-state index in [1.165, 1.54) is 25.7 Å². The van der Waals surface area contributed by atoms with Crippen molar-refractivity contribution < 1.29 is 0 Å². The van der Waals surface area contributed by atoms with Gasteiger partial charge in [0, 0.05) is 26.7 Å². The van der Waals surface area contributed by atoms with Gasteiger partial charge in [-0.2, -0.15) is 0 Å². The number of nitrogens with one attached hydrogen (secondary N) is 2. The van der Waals surface area contributed by atoms with Crippen LogP contribution in [-0.4, -0.2) is 51.6 Å². The first-order valence-electron chi connectivity index (χ1n) is 7.50. The van der Waals surface area contributed by atoms with Gasteiger partial charge in [0.15, 0.2) is 5.96 Å². The molecular formula is C15H34N4. The molecule has 19 heavy (non-hydrogen) atoms. The average molecular weight is 270 g/mol. The Balaban J connectivity index is 3.87. The zero-order valence-corrected chi connectivity index (χ0v) is 13.8. The number of rotatable bonds is 9. The molecule has 0 saturated heterocycles. The summed E-state index contributed by atoms with van der Waals surface area (Å²) < 4.78 is 0. The SMILES string of the molecule is CCCCCCNC(=NC)NCC(C)(C)CN(C)C. The van der Waals surface area contributed by atoms with Crippen molar-refractivity contribution >= 4 is 5.96 Å². The fraction of sp³-hybridized carbons (Fsp3) is 0.933. The fourth-order valence-electron chi connectivity index (χ4n) is 2.21. The monoisotopic (exact) mass is 270 g/mol. The summed E-state index contributed by atoms with van der Waals surface area (Å²) >= 11 is 0. The molecule has 0 rings (SSSR count). The van der Waals surface area contributed by atoms with Gasteiger partial charge in [-0.05, 0) is 25.9 Å². The van der Waals surface area contributed by atoms with Gasteiger partial charge in [-0.1, -0.05) is 40.0 Å². The van der Waals surface area contributed by atoms with Crippen molar-refractivity contribution in [1.82, 2.24) is 15.5 Å². The molecule has 0 radical (unpaired) electrons. The second-order valence-electron chi connectivity index (χ2n) is 6.32. The lowest BCUT2D eigenvalue weighted by Crippen LogP contribution is -2.45. The Labute approximate surface area is 120 Å². The Hall–Kier alpha value is -0.770. The van der Waals surface area contributed by atoms with E-state index in [1.807, 2.05) is 7.05 Å². The van der Waals surface area contributed by atoms with Gasteiger partial charge in [-0.15, -0.1) is 0 Å². The summed E-state index contributed by atoms with van der Waals surface area (Å²) in [6, 6.07) is 0. The highest BCUT2D eigenvalue weighted by atomic mass is 15.2. The molecule has 0 aliphatic carbocycles. The number of guanidine groups is 1. The maximum atomic E-state index is 4.27. The molecule has 0 amide bonds. The molecule has 0 spiro atoms. The van der Waals surface area contributed by atoms with Crippen molar-refractivity contribution in [3.05, 3.63) is 0 Å². The van der Waals surface area contributed by atoms with Crippen molar-refractivity contribution in [2.45, 2.75) is 46.5 Å². The summed E-state index contributed by atoms with van der Waals surface area (Å²) in [7, 11) is 6.06. The van der Waals surface area contributed by atoms with Crippen LogP contribution >= 0.6 is 0 Å². The largest absolute Gasteiger partial charge is 0.356 e. The van der Waals surface area contributed by atoms with E-state index in [2.05, 4.69) is 55.4 Å². The smallest absolute Gasteiger partial charge is 0.190 e. The van der Waals surface area contributed by atoms with Crippen LogP contribution in [0.25, 0.3) is 0 Å². The molecule has 0 bridgehead atoms. The second kappa shape index (κ2) is 10.1. The number of hydrogen-bond acceptors (Lipinski definition) is 2. The van der Waals surface area contributed by atoms with Crippen LogP contribution in [0, 0.1) is 5.41 Å². The Morgan fingerprint density at radius 1 is 1.11 bits per heavy atom. The van der Waals surface area contributed by atoms with Crippen molar-refractivity contribution in [2.24, 2.45) is 10.4 Å². The molecule has 0 aromatic heterocycles. The van der Waals surface area contributed by atoms with Crippen LogP contribution in [0.3, 0.4) is 0 Å². The molecule has 0 atom stereocenters. The van der Waals surface area contributed by atoms with Gasteiger partial charge < -0.3 is 15.5 Å². The molecule has 0 aromatic rings. The normalized spacial score (nSPS) is 12.9. The topological polar surface area (TPSA) is 39.7 Å². The van der Waals surface area contributed by atoms with Crippen LogP contribution < -0.4 is 10.6 Å². The highest BCUT2D eigenvalue weighted by Crippen LogP contribution is 2.13. The maximum absolute atomic E-state index is 4.27. The summed E-state index contributed by atoms with van der Waals surface area (Å²) in [5.74, 6) is 0.920. The van der Waals surface area contributed by atoms with E-state index < -0.39 is 0 Å². The predicted octanol–water partition coefficient (Wildman–Crippen LogP) is 2.32. The van der Waals surface area contributed by atoms with Crippen LogP contribution in [0.2, 0.25) is 0 Å². The average Bonchev–Trinajstić information content (AvgIpc) is 2.31. The van der Waals surface area contributed by atoms with E-state index in [-0.39, 0.29) is 5.41 Å². The van der Waals surface area contributed by atoms with Crippen molar-refractivity contribution in [3.8, 4) is 0 Å². The number of unbranched alkanes of at least 4 members (excludes halogenated alkanes) is 3. The second-order valence-corrected chi connectivity index (χ2v) is 6.32. The third-order valence-electron chi connectivity index (χ3n) is 3.03. The maximum Gasteiger partial charge on any atom is 0.190 e. The van der Waals surface area contributed by atoms with Gasteiger partial charge in [-0.3, -0.25) is 4.99 Å². The van der Waals surface area contributed by atoms with E-state index >= 15 is 0 Å². The molecule has 0 saturated carbocycles. The van der Waals surface area contributed by atoms with Crippen molar-refractivity contribution in [2.75, 3.05) is 40.8 Å². The van der Waals surface area contributed by atoms with Gasteiger partial charge in [0.05, 0.1) is 0 Å². The Kier molecular flexibility index (Phi) is 9.66. The number of aliphatic imine (C=N–C) groups is 1. The van der Waals surface area contributed by atoms with E-state index in [0.717, 1.165) is 25.6 Å². The molecule has 0 aliphatic heterocycles. The van der Waals surface area contributed by atoms with Gasteiger partial charge in [0.25, 0.3) is 0 Å². The van der Waals surface area contributed by atoms with Crippen LogP contribution in [-0.2, 0) is 0 Å². The standard InChI is InChI=1S/C15H34N4/c1-7-8-9-10-11-17-14(16-4)18-12-15(2,3)13-19(5)6/h7-13H2,1-6H3,(H2,16,17,18).